The van der Waals surface area contributed by atoms with Gasteiger partial charge in [-0.15, -0.1) is 0 Å². The van der Waals surface area contributed by atoms with Crippen LogP contribution in [0.2, 0.25) is 0 Å². The van der Waals surface area contributed by atoms with Crippen molar-refractivity contribution in [2.45, 2.75) is 6.54 Å². The topological polar surface area (TPSA) is 82.2 Å². The van der Waals surface area contributed by atoms with Gasteiger partial charge < -0.3 is 15.8 Å². The van der Waals surface area contributed by atoms with Crippen LogP contribution in [0.15, 0.2) is 30.6 Å². The van der Waals surface area contributed by atoms with Crippen LogP contribution in [-0.4, -0.2) is 35.9 Å². The Kier molecular flexibility index (Phi) is 5.02. The maximum atomic E-state index is 14.1. The molecule has 0 unspecified atom stereocenters. The molecule has 0 saturated heterocycles. The number of rotatable bonds is 7. The van der Waals surface area contributed by atoms with Crippen molar-refractivity contribution in [2.24, 2.45) is 5.73 Å². The quantitative estimate of drug-likeness (QED) is 0.741. The molecule has 0 fully saturated rings. The van der Waals surface area contributed by atoms with Crippen LogP contribution < -0.4 is 11.1 Å². The van der Waals surface area contributed by atoms with Crippen molar-refractivity contribution in [2.75, 3.05) is 20.3 Å². The molecule has 0 saturated carbocycles. The minimum absolute atomic E-state index is 0.236. The molecule has 1 heterocycles. The Morgan fingerprint density at radius 1 is 1.52 bits per heavy atom. The molecule has 7 heteroatoms. The Labute approximate surface area is 121 Å². The number of nitrogens with zero attached hydrogens (tertiary/aromatic N) is 2. The van der Waals surface area contributed by atoms with E-state index in [1.807, 2.05) is 0 Å². The Balaban J connectivity index is 2.09. The van der Waals surface area contributed by atoms with Gasteiger partial charge in [0.15, 0.2) is 0 Å². The predicted molar refractivity (Wildman–Crippen MR) is 75.6 cm³/mol. The predicted octanol–water partition coefficient (Wildman–Crippen LogP) is 0.846. The number of methoxy groups -OCH3 is 1. The van der Waals surface area contributed by atoms with Gasteiger partial charge in [-0.25, -0.2) is 9.07 Å². The van der Waals surface area contributed by atoms with Crippen molar-refractivity contribution in [3.05, 3.63) is 47.5 Å². The molecule has 1 aromatic heterocycles. The molecule has 2 rings (SSSR count). The number of carbonyl (C=O) groups is 1. The first kappa shape index (κ1) is 15.1. The number of carbonyl (C=O) groups excluding carboxylic acids is 1. The van der Waals surface area contributed by atoms with Crippen LogP contribution in [0.5, 0.6) is 0 Å². The van der Waals surface area contributed by atoms with Gasteiger partial charge in [0, 0.05) is 26.4 Å². The Bertz CT molecular complexity index is 627. The number of amides is 1. The van der Waals surface area contributed by atoms with Crippen LogP contribution in [0.1, 0.15) is 15.9 Å². The van der Waals surface area contributed by atoms with Crippen molar-refractivity contribution in [3.8, 4) is 5.69 Å². The molecular weight excluding hydrogens is 275 g/mol. The summed E-state index contributed by atoms with van der Waals surface area (Å²) in [5.41, 5.74) is 6.46. The highest BCUT2D eigenvalue weighted by atomic mass is 19.1. The van der Waals surface area contributed by atoms with E-state index in [0.717, 1.165) is 5.56 Å². The summed E-state index contributed by atoms with van der Waals surface area (Å²) < 4.78 is 20.3. The van der Waals surface area contributed by atoms with Crippen molar-refractivity contribution < 1.29 is 13.9 Å². The van der Waals surface area contributed by atoms with Crippen LogP contribution in [0.25, 0.3) is 5.69 Å². The summed E-state index contributed by atoms with van der Waals surface area (Å²) in [5.74, 6) is -1.01. The summed E-state index contributed by atoms with van der Waals surface area (Å²) in [6, 6.07) is 4.84. The lowest BCUT2D eigenvalue weighted by molar-refractivity contribution is 0.100. The molecule has 0 radical (unpaired) electrons. The van der Waals surface area contributed by atoms with E-state index < -0.39 is 11.7 Å². The third kappa shape index (κ3) is 3.87. The Morgan fingerprint density at radius 3 is 2.95 bits per heavy atom. The van der Waals surface area contributed by atoms with E-state index in [4.69, 9.17) is 10.5 Å². The fraction of sp³-hybridized carbons (Fsp3) is 0.286. The average Bonchev–Trinajstić information content (AvgIpc) is 2.93. The number of aromatic nitrogens is 2. The number of ether oxygens (including phenoxy) is 1. The maximum absolute atomic E-state index is 14.1. The van der Waals surface area contributed by atoms with Gasteiger partial charge in [0.05, 0.1) is 18.4 Å². The number of nitrogens with two attached hydrogens (primary N) is 1. The first-order valence-electron chi connectivity index (χ1n) is 6.44. The molecule has 0 bridgehead atoms. The molecule has 0 aliphatic rings. The molecule has 1 aromatic carbocycles. The second-order valence-corrected chi connectivity index (χ2v) is 4.49. The fourth-order valence-corrected chi connectivity index (χ4v) is 1.83. The number of hydrogen-bond acceptors (Lipinski definition) is 4. The number of nitrogens with one attached hydrogen (secondary N) is 1. The van der Waals surface area contributed by atoms with E-state index in [9.17, 15) is 9.18 Å². The maximum Gasteiger partial charge on any atom is 0.251 e. The Morgan fingerprint density at radius 2 is 2.33 bits per heavy atom. The van der Waals surface area contributed by atoms with Crippen molar-refractivity contribution in [1.29, 1.82) is 0 Å². The minimum atomic E-state index is -0.597. The monoisotopic (exact) mass is 292 g/mol. The number of halogens is 1. The zero-order chi connectivity index (χ0) is 15.2. The standard InChI is InChI=1S/C14H17FN4O2/c1-21-5-4-17-7-10-2-3-13(12(15)6-10)19-9-11(8-18-19)14(16)20/h2-3,6,8-9,17H,4-5,7H2,1H3,(H2,16,20). The van der Waals surface area contributed by atoms with Crippen LogP contribution >= 0.6 is 0 Å². The van der Waals surface area contributed by atoms with E-state index in [1.54, 1.807) is 19.2 Å². The van der Waals surface area contributed by atoms with Crippen LogP contribution in [-0.2, 0) is 11.3 Å². The summed E-state index contributed by atoms with van der Waals surface area (Å²) in [5, 5.41) is 7.06. The van der Waals surface area contributed by atoms with E-state index in [0.29, 0.717) is 19.7 Å². The average molecular weight is 292 g/mol. The second kappa shape index (κ2) is 6.96. The van der Waals surface area contributed by atoms with Crippen LogP contribution in [0, 0.1) is 5.82 Å². The minimum Gasteiger partial charge on any atom is -0.383 e. The smallest absolute Gasteiger partial charge is 0.251 e. The number of hydrogen-bond donors (Lipinski definition) is 2. The van der Waals surface area contributed by atoms with Gasteiger partial charge in [0.25, 0.3) is 5.91 Å². The summed E-state index contributed by atoms with van der Waals surface area (Å²) in [6.07, 6.45) is 2.71. The van der Waals surface area contributed by atoms with E-state index in [1.165, 1.54) is 23.1 Å². The van der Waals surface area contributed by atoms with Gasteiger partial charge >= 0.3 is 0 Å². The molecule has 3 N–H and O–H groups in total. The molecule has 1 amide bonds. The Hall–Kier alpha value is -2.25. The lowest BCUT2D eigenvalue weighted by Crippen LogP contribution is -2.18. The molecule has 0 atom stereocenters. The molecule has 0 aliphatic heterocycles. The third-order valence-electron chi connectivity index (χ3n) is 2.94. The fourth-order valence-electron chi connectivity index (χ4n) is 1.83. The lowest BCUT2D eigenvalue weighted by Gasteiger charge is -2.07. The summed E-state index contributed by atoms with van der Waals surface area (Å²) in [4.78, 5) is 11.0. The van der Waals surface area contributed by atoms with E-state index >= 15 is 0 Å². The molecule has 21 heavy (non-hydrogen) atoms. The van der Waals surface area contributed by atoms with E-state index in [-0.39, 0.29) is 11.3 Å². The van der Waals surface area contributed by atoms with Crippen LogP contribution in [0.4, 0.5) is 4.39 Å². The third-order valence-corrected chi connectivity index (χ3v) is 2.94. The first-order valence-corrected chi connectivity index (χ1v) is 6.44. The summed E-state index contributed by atoms with van der Waals surface area (Å²) in [6.45, 7) is 1.84. The van der Waals surface area contributed by atoms with Gasteiger partial charge in [-0.3, -0.25) is 4.79 Å². The highest BCUT2D eigenvalue weighted by Gasteiger charge is 2.09. The van der Waals surface area contributed by atoms with Crippen molar-refractivity contribution >= 4 is 5.91 Å². The summed E-state index contributed by atoms with van der Waals surface area (Å²) >= 11 is 0. The van der Waals surface area contributed by atoms with Gasteiger partial charge in [0.1, 0.15) is 11.5 Å². The zero-order valence-electron chi connectivity index (χ0n) is 11.7. The normalized spacial score (nSPS) is 10.8. The van der Waals surface area contributed by atoms with Gasteiger partial charge in [0.2, 0.25) is 0 Å². The number of benzene rings is 1. The zero-order valence-corrected chi connectivity index (χ0v) is 11.7. The summed E-state index contributed by atoms with van der Waals surface area (Å²) in [7, 11) is 1.63. The molecule has 0 aliphatic carbocycles. The van der Waals surface area contributed by atoms with Crippen molar-refractivity contribution in [1.82, 2.24) is 15.1 Å². The van der Waals surface area contributed by atoms with Gasteiger partial charge in [-0.05, 0) is 17.7 Å². The molecule has 6 nitrogen and oxygen atoms in total. The van der Waals surface area contributed by atoms with Gasteiger partial charge in [-0.2, -0.15) is 5.10 Å². The molecule has 0 spiro atoms. The number of primary amides is 1. The lowest BCUT2D eigenvalue weighted by atomic mass is 10.2. The molecule has 2 aromatic rings. The van der Waals surface area contributed by atoms with Crippen molar-refractivity contribution in [3.63, 3.8) is 0 Å². The second-order valence-electron chi connectivity index (χ2n) is 4.49. The van der Waals surface area contributed by atoms with Gasteiger partial charge in [-0.1, -0.05) is 6.07 Å². The highest BCUT2D eigenvalue weighted by molar-refractivity contribution is 5.92. The SMILES string of the molecule is COCCNCc1ccc(-n2cc(C(N)=O)cn2)c(F)c1. The molecule has 112 valence electrons. The highest BCUT2D eigenvalue weighted by Crippen LogP contribution is 2.15. The van der Waals surface area contributed by atoms with E-state index in [2.05, 4.69) is 10.4 Å². The first-order chi connectivity index (χ1) is 10.1. The molecular formula is C14H17FN4O2. The van der Waals surface area contributed by atoms with Crippen LogP contribution in [0.3, 0.4) is 0 Å². The largest absolute Gasteiger partial charge is 0.383 e.